The van der Waals surface area contributed by atoms with Crippen LogP contribution in [0.5, 0.6) is 28.7 Å². The smallest absolute Gasteiger partial charge is 0.330 e. The van der Waals surface area contributed by atoms with Crippen LogP contribution in [-0.2, 0) is 33.6 Å². The van der Waals surface area contributed by atoms with E-state index in [2.05, 4.69) is 37.2 Å². The Morgan fingerprint density at radius 1 is 0.883 bits per heavy atom. The second-order valence-electron chi connectivity index (χ2n) is 19.8. The number of aliphatic hydroxyl groups excluding tert-OH is 2. The minimum absolute atomic E-state index is 0.0179. The number of primary amides is 1. The first-order chi connectivity index (χ1) is 36.6. The molecule has 15 N–H and O–H groups in total. The lowest BCUT2D eigenvalue weighted by Crippen LogP contribution is -2.61. The number of likely N-dealkylation sites (N-methyl/N-ethyl adjacent to an activating group) is 1. The van der Waals surface area contributed by atoms with E-state index >= 15 is 4.79 Å². The molecule has 7 aliphatic rings. The van der Waals surface area contributed by atoms with E-state index < -0.39 is 138 Å². The number of carbonyl (C=O) groups is 7. The first kappa shape index (κ1) is 55.3. The molecule has 0 fully saturated rings. The average molecular weight is 1080 g/mol. The molecule has 11 bridgehead atoms. The quantitative estimate of drug-likeness (QED) is 0.149. The lowest BCUT2D eigenvalue weighted by atomic mass is 9.88. The van der Waals surface area contributed by atoms with Gasteiger partial charge in [-0.05, 0) is 90.6 Å². The number of rotatable bonds is 8. The predicted octanol–water partition coefficient (Wildman–Crippen LogP) is 0.966. The third-order valence-corrected chi connectivity index (χ3v) is 14.2. The molecule has 408 valence electrons. The number of nitrogens with two attached hydrogens (primary N) is 1. The third-order valence-electron chi connectivity index (χ3n) is 13.8. The Morgan fingerprint density at radius 3 is 2.31 bits per heavy atom. The number of phenolic OH excluding ortho intramolecular Hbond substituents is 3. The Bertz CT molecular complexity index is 3010. The van der Waals surface area contributed by atoms with Crippen molar-refractivity contribution in [2.75, 3.05) is 13.6 Å². The highest BCUT2D eigenvalue weighted by Crippen LogP contribution is 2.44. The zero-order valence-electron chi connectivity index (χ0n) is 41.8. The number of hydrogen-bond donors (Lipinski definition) is 14. The Hall–Kier alpha value is -7.96. The molecule has 3 aromatic rings. The van der Waals surface area contributed by atoms with Crippen molar-refractivity contribution >= 4 is 53.0 Å². The molecule has 2 aliphatic carbocycles. The van der Waals surface area contributed by atoms with Crippen LogP contribution in [0, 0.1) is 11.8 Å². The largest absolute Gasteiger partial charge is 0.508 e. The number of nitrogens with one attached hydrogen (secondary N) is 7. The van der Waals surface area contributed by atoms with E-state index in [1.165, 1.54) is 54.6 Å². The van der Waals surface area contributed by atoms with E-state index in [0.29, 0.717) is 6.42 Å². The van der Waals surface area contributed by atoms with Crippen molar-refractivity contribution in [2.24, 2.45) is 17.6 Å². The molecule has 3 aromatic carbocycles. The zero-order chi connectivity index (χ0) is 55.6. The minimum Gasteiger partial charge on any atom is -0.508 e. The first-order valence-corrected chi connectivity index (χ1v) is 25.1. The van der Waals surface area contributed by atoms with Gasteiger partial charge in [0.1, 0.15) is 53.6 Å². The number of carboxylic acids is 1. The van der Waals surface area contributed by atoms with E-state index in [-0.39, 0.29) is 74.4 Å². The summed E-state index contributed by atoms with van der Waals surface area (Å²) in [6, 6.07) is -0.597. The zero-order valence-corrected chi connectivity index (χ0v) is 42.5. The number of aromatic hydroxyl groups is 3. The molecule has 77 heavy (non-hydrogen) atoms. The van der Waals surface area contributed by atoms with Crippen LogP contribution in [0.25, 0.3) is 11.1 Å². The fourth-order valence-electron chi connectivity index (χ4n) is 9.87. The van der Waals surface area contributed by atoms with Gasteiger partial charge in [-0.1, -0.05) is 55.8 Å². The maximum absolute atomic E-state index is 15.3. The third kappa shape index (κ3) is 12.2. The molecule has 6 amide bonds. The fourth-order valence-corrected chi connectivity index (χ4v) is 10.1. The van der Waals surface area contributed by atoms with Crippen LogP contribution >= 0.6 is 11.6 Å². The summed E-state index contributed by atoms with van der Waals surface area (Å²) < 4.78 is 12.6. The molecule has 0 aromatic heterocycles. The molecule has 23 nitrogen and oxygen atoms in total. The number of carboxylic acid groups (broad SMARTS) is 1. The summed E-state index contributed by atoms with van der Waals surface area (Å²) in [7, 11) is 1.55. The molecule has 11 atom stereocenters. The van der Waals surface area contributed by atoms with E-state index in [9.17, 15) is 59.4 Å². The number of benzene rings is 3. The Labute approximate surface area is 445 Å². The van der Waals surface area contributed by atoms with E-state index in [4.69, 9.17) is 26.8 Å². The van der Waals surface area contributed by atoms with E-state index in [0.717, 1.165) is 12.1 Å². The standard InChI is InChI=1S/C53H59ClN8O15/c1-22(2)13-32(56-3)48(69)62-44-45(66)23-7-10-29(11-8-23)76-37-16-27-17-38(47(37)68)77-36-12-9-26(15-31(36)54)46(67)43-51(72)61-42(53(74)75)30-18-28(63)19-35(64)40(30)25-6-4-5-24(14-25)34(21-57-43)59-50(71)41(27)60-49(70)33(20-39(55)65)58-52(44)73/h4-7,9-11,14-19,22-23,32-34,36,41-46,56-57,63-64,66-68H,8,12-13,20-21H2,1-3H3,(H2,55,65)(H,58,73)(H,59,71)(H,60,70)(H,61,72)(H,62,69)(H,74,75)/t23-,32+,33?,34?,36?,41?,42?,43-,44?,45?,46+/m0/s1. The summed E-state index contributed by atoms with van der Waals surface area (Å²) >= 11 is 6.85. The second kappa shape index (κ2) is 23.1. The lowest BCUT2D eigenvalue weighted by Gasteiger charge is -2.33. The topological polar surface area (TPSA) is 370 Å². The van der Waals surface area contributed by atoms with Gasteiger partial charge in [0.15, 0.2) is 17.5 Å². The van der Waals surface area contributed by atoms with Crippen LogP contribution in [0.2, 0.25) is 0 Å². The summed E-state index contributed by atoms with van der Waals surface area (Å²) in [5.41, 5.74) is 5.67. The van der Waals surface area contributed by atoms with Gasteiger partial charge < -0.3 is 83.1 Å². The number of phenols is 3. The number of halogens is 1. The summed E-state index contributed by atoms with van der Waals surface area (Å²) in [5, 5.41) is 87.1. The number of aliphatic carboxylic acids is 1. The number of carbonyl (C=O) groups excluding carboxylic acids is 6. The molecule has 0 saturated carbocycles. The maximum atomic E-state index is 15.3. The van der Waals surface area contributed by atoms with Crippen molar-refractivity contribution in [3.05, 3.63) is 112 Å². The second-order valence-corrected chi connectivity index (χ2v) is 20.2. The number of amides is 6. The van der Waals surface area contributed by atoms with E-state index in [1.54, 1.807) is 19.2 Å². The van der Waals surface area contributed by atoms with Crippen molar-refractivity contribution in [3.8, 4) is 39.9 Å². The van der Waals surface area contributed by atoms with Gasteiger partial charge in [0.25, 0.3) is 0 Å². The molecule has 10 rings (SSSR count). The Balaban J connectivity index is 1.30. The molecule has 5 heterocycles. The minimum atomic E-state index is -1.91. The number of ether oxygens (including phenoxy) is 2. The lowest BCUT2D eigenvalue weighted by molar-refractivity contribution is -0.142. The SMILES string of the molecule is CN[C@H](CC(C)C)C(=O)NC1C(=O)NC(CC(N)=O)C(=O)NC2C(=O)NC3CN[C@H](C(=O)NC(C(=O)O)c4cc(O)cc(O)c4-c4cccc3c4)[C@H](O)C3=CCC(Oc4cc2cc(c4O)OC2=CC[C@H](C=C2)C1O)C(Cl)=C3. The fraction of sp³-hybridized carbons (Fsp3) is 0.377. The van der Waals surface area contributed by atoms with Crippen LogP contribution in [0.15, 0.2) is 95.3 Å². The highest BCUT2D eigenvalue weighted by atomic mass is 35.5. The van der Waals surface area contributed by atoms with Gasteiger partial charge in [-0.3, -0.25) is 28.8 Å². The van der Waals surface area contributed by atoms with Gasteiger partial charge in [-0.15, -0.1) is 0 Å². The molecular weight excluding hydrogens is 1020 g/mol. The average Bonchev–Trinajstić information content (AvgIpc) is 3.38. The van der Waals surface area contributed by atoms with Gasteiger partial charge in [0.2, 0.25) is 41.2 Å². The van der Waals surface area contributed by atoms with Gasteiger partial charge in [-0.25, -0.2) is 4.79 Å². The van der Waals surface area contributed by atoms with Gasteiger partial charge in [-0.2, -0.15) is 0 Å². The highest BCUT2D eigenvalue weighted by Gasteiger charge is 2.41. The summed E-state index contributed by atoms with van der Waals surface area (Å²) in [5.74, 6) is -10.7. The van der Waals surface area contributed by atoms with Crippen LogP contribution in [0.1, 0.15) is 74.3 Å². The van der Waals surface area contributed by atoms with Crippen LogP contribution < -0.4 is 52.4 Å². The van der Waals surface area contributed by atoms with Crippen molar-refractivity contribution < 1.29 is 73.7 Å². The van der Waals surface area contributed by atoms with Crippen LogP contribution in [0.4, 0.5) is 0 Å². The predicted molar refractivity (Wildman–Crippen MR) is 274 cm³/mol. The van der Waals surface area contributed by atoms with Crippen molar-refractivity contribution in [1.29, 1.82) is 0 Å². The summed E-state index contributed by atoms with van der Waals surface area (Å²) in [6.45, 7) is 3.36. The van der Waals surface area contributed by atoms with Gasteiger partial charge in [0.05, 0.1) is 29.6 Å². The van der Waals surface area contributed by atoms with Crippen LogP contribution in [0.3, 0.4) is 0 Å². The molecule has 5 aliphatic heterocycles. The Morgan fingerprint density at radius 2 is 1.64 bits per heavy atom. The molecular formula is C53H59ClN8O15. The molecule has 0 radical (unpaired) electrons. The number of fused-ring (bicyclic) bond motifs is 13. The summed E-state index contributed by atoms with van der Waals surface area (Å²) in [6.07, 6.45) is 2.23. The number of allylic oxidation sites excluding steroid dienone is 2. The Kier molecular flexibility index (Phi) is 16.6. The highest BCUT2D eigenvalue weighted by molar-refractivity contribution is 6.30. The monoisotopic (exact) mass is 1080 g/mol. The maximum Gasteiger partial charge on any atom is 0.330 e. The number of aliphatic hydroxyl groups is 2. The summed E-state index contributed by atoms with van der Waals surface area (Å²) in [4.78, 5) is 98.4. The van der Waals surface area contributed by atoms with Crippen LogP contribution in [-0.4, -0.2) is 128 Å². The molecule has 24 heteroatoms. The molecule has 7 unspecified atom stereocenters. The van der Waals surface area contributed by atoms with Crippen molar-refractivity contribution in [1.82, 2.24) is 37.2 Å². The number of hydrogen-bond acceptors (Lipinski definition) is 16. The molecule has 0 saturated heterocycles. The van der Waals surface area contributed by atoms with Gasteiger partial charge in [0, 0.05) is 36.1 Å². The van der Waals surface area contributed by atoms with Crippen molar-refractivity contribution in [3.63, 3.8) is 0 Å². The molecule has 0 spiro atoms. The normalized spacial score (nSPS) is 26.9. The van der Waals surface area contributed by atoms with E-state index in [1.807, 2.05) is 13.8 Å². The van der Waals surface area contributed by atoms with Crippen molar-refractivity contribution in [2.45, 2.75) is 100 Å². The first-order valence-electron chi connectivity index (χ1n) is 24.7. The van der Waals surface area contributed by atoms with Gasteiger partial charge >= 0.3 is 5.97 Å².